The third-order valence-corrected chi connectivity index (χ3v) is 12.6. The van der Waals surface area contributed by atoms with E-state index >= 15 is 0 Å². The fraction of sp³-hybridized carbons (Fsp3) is 0.600. The predicted molar refractivity (Wildman–Crippen MR) is 205 cm³/mol. The Balaban J connectivity index is 1.18. The first kappa shape index (κ1) is 38.7. The summed E-state index contributed by atoms with van der Waals surface area (Å²) >= 11 is 0. The van der Waals surface area contributed by atoms with E-state index in [0.717, 1.165) is 30.4 Å². The lowest BCUT2D eigenvalue weighted by Gasteiger charge is -2.26. The molecule has 4 amide bonds. The molecule has 2 heterocycles. The Morgan fingerprint density at radius 2 is 1.12 bits per heavy atom. The fourth-order valence-electron chi connectivity index (χ4n) is 8.09. The Kier molecular flexibility index (Phi) is 11.5. The highest BCUT2D eigenvalue weighted by atomic mass is 16.2. The minimum atomic E-state index is -0.302. The van der Waals surface area contributed by atoms with Crippen LogP contribution in [0.2, 0.25) is 0 Å². The van der Waals surface area contributed by atoms with E-state index in [4.69, 9.17) is 0 Å². The molecule has 4 aliphatic rings. The second-order valence-electron chi connectivity index (χ2n) is 18.1. The molecular formula is C45H62N2O4. The average Bonchev–Trinajstić information content (AvgIpc) is 3.45. The van der Waals surface area contributed by atoms with Crippen molar-refractivity contribution in [3.8, 4) is 0 Å². The van der Waals surface area contributed by atoms with Gasteiger partial charge in [-0.2, -0.15) is 0 Å². The van der Waals surface area contributed by atoms with Crippen LogP contribution in [-0.2, 0) is 32.3 Å². The topological polar surface area (TPSA) is 74.8 Å². The number of hydrogen-bond acceptors (Lipinski definition) is 4. The Morgan fingerprint density at radius 1 is 0.686 bits per heavy atom. The van der Waals surface area contributed by atoms with Gasteiger partial charge in [0, 0.05) is 0 Å². The molecule has 0 saturated carbocycles. The summed E-state index contributed by atoms with van der Waals surface area (Å²) in [6, 6.07) is 7.68. The van der Waals surface area contributed by atoms with E-state index in [9.17, 15) is 19.2 Å². The smallest absolute Gasteiger partial charge is 0.233 e. The van der Waals surface area contributed by atoms with Crippen molar-refractivity contribution in [1.82, 2.24) is 9.80 Å². The van der Waals surface area contributed by atoms with E-state index in [-0.39, 0.29) is 71.2 Å². The van der Waals surface area contributed by atoms with Gasteiger partial charge in [-0.15, -0.1) is 0 Å². The van der Waals surface area contributed by atoms with Gasteiger partial charge in [-0.1, -0.05) is 126 Å². The van der Waals surface area contributed by atoms with Crippen molar-refractivity contribution < 1.29 is 19.2 Å². The van der Waals surface area contributed by atoms with Crippen molar-refractivity contribution in [1.29, 1.82) is 0 Å². The van der Waals surface area contributed by atoms with E-state index in [1.54, 1.807) is 0 Å². The summed E-state index contributed by atoms with van der Waals surface area (Å²) in [5, 5.41) is 0. The highest BCUT2D eigenvalue weighted by molar-refractivity contribution is 6.06. The number of carbonyl (C=O) groups excluding carboxylic acids is 4. The van der Waals surface area contributed by atoms with Crippen LogP contribution in [0.25, 0.3) is 0 Å². The van der Waals surface area contributed by atoms with Gasteiger partial charge in [-0.05, 0) is 92.6 Å². The monoisotopic (exact) mass is 694 g/mol. The molecule has 0 N–H and O–H groups in total. The van der Waals surface area contributed by atoms with E-state index < -0.39 is 0 Å². The zero-order chi connectivity index (χ0) is 37.4. The molecule has 51 heavy (non-hydrogen) atoms. The van der Waals surface area contributed by atoms with Gasteiger partial charge < -0.3 is 0 Å². The van der Waals surface area contributed by atoms with Crippen molar-refractivity contribution in [3.05, 3.63) is 82.0 Å². The van der Waals surface area contributed by atoms with Gasteiger partial charge in [0.25, 0.3) is 0 Å². The van der Waals surface area contributed by atoms with Gasteiger partial charge in [0.05, 0.1) is 36.8 Å². The van der Waals surface area contributed by atoms with Gasteiger partial charge in [0.1, 0.15) is 0 Å². The average molecular weight is 695 g/mol. The summed E-state index contributed by atoms with van der Waals surface area (Å²) in [6.07, 6.45) is 14.6. The van der Waals surface area contributed by atoms with E-state index in [1.807, 2.05) is 24.3 Å². The number of amides is 4. The van der Waals surface area contributed by atoms with Crippen LogP contribution < -0.4 is 0 Å². The Hall–Kier alpha value is -3.54. The molecule has 6 atom stereocenters. The van der Waals surface area contributed by atoms with E-state index in [1.165, 1.54) is 32.1 Å². The lowest BCUT2D eigenvalue weighted by molar-refractivity contribution is -0.142. The molecule has 1 aromatic carbocycles. The first-order valence-corrected chi connectivity index (χ1v) is 19.4. The number of likely N-dealkylation sites (tertiary alicyclic amines) is 2. The summed E-state index contributed by atoms with van der Waals surface area (Å²) in [5.74, 6) is -0.816. The summed E-state index contributed by atoms with van der Waals surface area (Å²) in [4.78, 5) is 57.3. The highest BCUT2D eigenvalue weighted by Gasteiger charge is 2.50. The summed E-state index contributed by atoms with van der Waals surface area (Å²) in [5.41, 5.74) is 7.32. The number of fused-ring (bicyclic) bond motifs is 2. The SMILES string of the molecule is C/C(=C\CCC(C)C1=CCC2C(=O)N(Cc3cccc(CN4C(=O)C5CC=C(C(C)C/C=C(\C)C(C)(C)C)CC5C4=O)c3)C(=O)C2C1)C(C)(C)C. The summed E-state index contributed by atoms with van der Waals surface area (Å²) in [7, 11) is 0. The Morgan fingerprint density at radius 3 is 1.59 bits per heavy atom. The van der Waals surface area contributed by atoms with Gasteiger partial charge in [0.2, 0.25) is 23.6 Å². The minimum Gasteiger partial charge on any atom is -0.278 e. The largest absolute Gasteiger partial charge is 0.278 e. The Bertz CT molecular complexity index is 1660. The molecule has 276 valence electrons. The van der Waals surface area contributed by atoms with Crippen LogP contribution in [0.4, 0.5) is 0 Å². The van der Waals surface area contributed by atoms with Crippen molar-refractivity contribution >= 4 is 23.6 Å². The van der Waals surface area contributed by atoms with E-state index in [2.05, 4.69) is 93.5 Å². The van der Waals surface area contributed by atoms with E-state index in [0.29, 0.717) is 37.5 Å². The molecule has 5 rings (SSSR count). The second kappa shape index (κ2) is 15.2. The fourth-order valence-corrected chi connectivity index (χ4v) is 8.09. The standard InChI is InChI=1S/C45H62N2O4/c1-28(13-11-14-30(3)44(5,6)7)34-19-21-36-38(24-34)42(50)46(40(36)48)26-32-15-12-16-33(23-32)27-47-41(49)37-22-20-35(25-39(37)43(47)51)29(2)17-18-31(4)45(8,9)10/h12,14-16,18-20,23,28-29,36-39H,11,13,17,21-22,24-27H2,1-10H3/b30-14+,31-18+. The third-order valence-electron chi connectivity index (χ3n) is 12.6. The Labute approximate surface area is 307 Å². The molecule has 6 unspecified atom stereocenters. The third kappa shape index (κ3) is 8.58. The quantitative estimate of drug-likeness (QED) is 0.171. The maximum atomic E-state index is 13.7. The number of benzene rings is 1. The maximum absolute atomic E-state index is 13.7. The molecule has 6 nitrogen and oxygen atoms in total. The number of carbonyl (C=O) groups is 4. The van der Waals surface area contributed by atoms with Crippen molar-refractivity contribution in [2.24, 2.45) is 46.3 Å². The minimum absolute atomic E-state index is 0.0766. The van der Waals surface area contributed by atoms with Crippen LogP contribution >= 0.6 is 0 Å². The van der Waals surface area contributed by atoms with Gasteiger partial charge in [0.15, 0.2) is 0 Å². The molecule has 6 heteroatoms. The number of rotatable bonds is 11. The number of imide groups is 2. The molecule has 0 aromatic heterocycles. The predicted octanol–water partition coefficient (Wildman–Crippen LogP) is 9.76. The zero-order valence-corrected chi connectivity index (χ0v) is 33.0. The van der Waals surface area contributed by atoms with Crippen LogP contribution in [0.5, 0.6) is 0 Å². The van der Waals surface area contributed by atoms with Gasteiger partial charge in [-0.25, -0.2) is 0 Å². The molecule has 2 saturated heterocycles. The first-order chi connectivity index (χ1) is 23.9. The summed E-state index contributed by atoms with van der Waals surface area (Å²) < 4.78 is 0. The number of allylic oxidation sites excluding steroid dienone is 8. The molecule has 0 spiro atoms. The normalized spacial score (nSPS) is 25.9. The van der Waals surface area contributed by atoms with Crippen LogP contribution in [0.1, 0.15) is 125 Å². The van der Waals surface area contributed by atoms with Crippen molar-refractivity contribution in [2.75, 3.05) is 0 Å². The van der Waals surface area contributed by atoms with Crippen molar-refractivity contribution in [2.45, 2.75) is 127 Å². The molecule has 0 bridgehead atoms. The maximum Gasteiger partial charge on any atom is 0.233 e. The highest BCUT2D eigenvalue weighted by Crippen LogP contribution is 2.43. The summed E-state index contributed by atoms with van der Waals surface area (Å²) in [6.45, 7) is 22.6. The van der Waals surface area contributed by atoms with Gasteiger partial charge in [-0.3, -0.25) is 29.0 Å². The molecule has 1 aromatic rings. The zero-order valence-electron chi connectivity index (χ0n) is 33.0. The second-order valence-corrected chi connectivity index (χ2v) is 18.1. The molecular weight excluding hydrogens is 633 g/mol. The van der Waals surface area contributed by atoms with Crippen molar-refractivity contribution in [3.63, 3.8) is 0 Å². The number of nitrogens with zero attached hydrogens (tertiary/aromatic N) is 2. The molecule has 0 radical (unpaired) electrons. The van der Waals surface area contributed by atoms with Crippen LogP contribution in [-0.4, -0.2) is 33.4 Å². The van der Waals surface area contributed by atoms with Gasteiger partial charge >= 0.3 is 0 Å². The lowest BCUT2D eigenvalue weighted by atomic mass is 9.76. The molecule has 2 aliphatic heterocycles. The molecule has 2 aliphatic carbocycles. The van der Waals surface area contributed by atoms with Crippen LogP contribution in [0.3, 0.4) is 0 Å². The van der Waals surface area contributed by atoms with Crippen LogP contribution in [0, 0.1) is 46.3 Å². The molecule has 2 fully saturated rings. The van der Waals surface area contributed by atoms with Crippen LogP contribution in [0.15, 0.2) is 70.9 Å². The lowest BCUT2D eigenvalue weighted by Crippen LogP contribution is -2.31. The first-order valence-electron chi connectivity index (χ1n) is 19.4. The number of hydrogen-bond donors (Lipinski definition) is 0.